The molecule has 6 heteroatoms. The van der Waals surface area contributed by atoms with Crippen molar-refractivity contribution in [3.8, 4) is 5.75 Å². The zero-order chi connectivity index (χ0) is 15.0. The fraction of sp³-hybridized carbons (Fsp3) is 0.571. The average molecular weight is 300 g/mol. The van der Waals surface area contributed by atoms with Crippen LogP contribution >= 0.6 is 0 Å². The topological polar surface area (TPSA) is 72.6 Å². The molecule has 0 fully saturated rings. The highest BCUT2D eigenvalue weighted by molar-refractivity contribution is 7.84. The van der Waals surface area contributed by atoms with Crippen LogP contribution in [0, 0.1) is 0 Å². The fourth-order valence-electron chi connectivity index (χ4n) is 1.75. The second-order valence-corrected chi connectivity index (χ2v) is 6.26. The van der Waals surface area contributed by atoms with Crippen LogP contribution in [-0.2, 0) is 10.3 Å². The number of hydrogen-bond donors (Lipinski definition) is 1. The van der Waals surface area contributed by atoms with Crippen LogP contribution in [0.5, 0.6) is 5.75 Å². The minimum absolute atomic E-state index is 0.253. The molecule has 0 amide bonds. The van der Waals surface area contributed by atoms with E-state index in [0.29, 0.717) is 18.8 Å². The third kappa shape index (κ3) is 5.38. The van der Waals surface area contributed by atoms with E-state index in [1.165, 1.54) is 10.4 Å². The number of anilines is 1. The van der Waals surface area contributed by atoms with Crippen molar-refractivity contribution in [3.63, 3.8) is 0 Å². The van der Waals surface area contributed by atoms with Gasteiger partial charge in [-0.2, -0.15) is 12.7 Å². The lowest BCUT2D eigenvalue weighted by molar-refractivity contribution is 0.346. The zero-order valence-electron chi connectivity index (χ0n) is 12.2. The van der Waals surface area contributed by atoms with Crippen molar-refractivity contribution >= 4 is 16.0 Å². The van der Waals surface area contributed by atoms with Crippen LogP contribution in [0.3, 0.4) is 0 Å². The molecule has 0 bridgehead atoms. The number of unbranched alkanes of at least 4 members (excludes halogenated alkanes) is 2. The summed E-state index contributed by atoms with van der Waals surface area (Å²) < 4.78 is 31.1. The summed E-state index contributed by atoms with van der Waals surface area (Å²) >= 11 is 0. The summed E-state index contributed by atoms with van der Waals surface area (Å²) in [7, 11) is -3.76. The van der Waals surface area contributed by atoms with E-state index in [9.17, 15) is 8.42 Å². The van der Waals surface area contributed by atoms with Crippen LogP contribution in [-0.4, -0.2) is 25.8 Å². The Hall–Kier alpha value is -1.27. The molecule has 0 aliphatic heterocycles. The Morgan fingerprint density at radius 2 is 1.75 bits per heavy atom. The van der Waals surface area contributed by atoms with E-state index >= 15 is 0 Å². The highest BCUT2D eigenvalue weighted by Crippen LogP contribution is 2.18. The van der Waals surface area contributed by atoms with Crippen LogP contribution < -0.4 is 9.92 Å². The van der Waals surface area contributed by atoms with Crippen molar-refractivity contribution in [1.29, 1.82) is 0 Å². The highest BCUT2D eigenvalue weighted by atomic mass is 32.2. The van der Waals surface area contributed by atoms with Gasteiger partial charge in [0.1, 0.15) is 5.75 Å². The molecule has 0 radical (unpaired) electrons. The summed E-state index contributed by atoms with van der Waals surface area (Å²) in [6.45, 7) is 5.04. The summed E-state index contributed by atoms with van der Waals surface area (Å²) in [6, 6.07) is 6.45. The minimum atomic E-state index is -3.76. The van der Waals surface area contributed by atoms with Gasteiger partial charge >= 0.3 is 10.3 Å². The Labute approximate surface area is 122 Å². The second-order valence-electron chi connectivity index (χ2n) is 4.72. The lowest BCUT2D eigenvalue weighted by Gasteiger charge is -2.21. The molecule has 5 nitrogen and oxygen atoms in total. The third-order valence-corrected chi connectivity index (χ3v) is 4.30. The molecule has 0 saturated carbocycles. The molecule has 0 aliphatic rings. The first-order chi connectivity index (χ1) is 9.49. The summed E-state index contributed by atoms with van der Waals surface area (Å²) in [5, 5.41) is 0. The lowest BCUT2D eigenvalue weighted by Crippen LogP contribution is -2.36. The number of nitrogens with two attached hydrogens (primary N) is 1. The van der Waals surface area contributed by atoms with Crippen LogP contribution in [0.1, 0.15) is 39.5 Å². The number of nitrogens with zero attached hydrogens (tertiary/aromatic N) is 1. The SMILES string of the molecule is CCCCN(CCCC)S(=O)(=O)Oc1cccc(N)c1. The van der Waals surface area contributed by atoms with Crippen LogP contribution in [0.4, 0.5) is 5.69 Å². The number of hydrogen-bond acceptors (Lipinski definition) is 4. The Bertz CT molecular complexity index is 495. The molecule has 0 aromatic heterocycles. The maximum atomic E-state index is 12.3. The molecule has 0 heterocycles. The van der Waals surface area contributed by atoms with Crippen molar-refractivity contribution in [2.45, 2.75) is 39.5 Å². The first-order valence-corrected chi connectivity index (χ1v) is 8.41. The number of benzene rings is 1. The van der Waals surface area contributed by atoms with Gasteiger partial charge in [-0.25, -0.2) is 0 Å². The normalized spacial score (nSPS) is 11.8. The number of rotatable bonds is 9. The van der Waals surface area contributed by atoms with E-state index in [1.807, 2.05) is 13.8 Å². The van der Waals surface area contributed by atoms with E-state index in [1.54, 1.807) is 18.2 Å². The van der Waals surface area contributed by atoms with Gasteiger partial charge in [0.15, 0.2) is 0 Å². The highest BCUT2D eigenvalue weighted by Gasteiger charge is 2.23. The third-order valence-electron chi connectivity index (χ3n) is 2.90. The molecular weight excluding hydrogens is 276 g/mol. The van der Waals surface area contributed by atoms with Crippen molar-refractivity contribution in [1.82, 2.24) is 4.31 Å². The molecule has 0 aliphatic carbocycles. The van der Waals surface area contributed by atoms with Crippen LogP contribution in [0.15, 0.2) is 24.3 Å². The van der Waals surface area contributed by atoms with E-state index < -0.39 is 10.3 Å². The van der Waals surface area contributed by atoms with Gasteiger partial charge in [0.25, 0.3) is 0 Å². The summed E-state index contributed by atoms with van der Waals surface area (Å²) in [6.07, 6.45) is 3.53. The standard InChI is InChI=1S/C14H24N2O3S/c1-3-5-10-16(11-6-4-2)20(17,18)19-14-9-7-8-13(15)12-14/h7-9,12H,3-6,10-11,15H2,1-2H3. The second kappa shape index (κ2) is 8.11. The van der Waals surface area contributed by atoms with Gasteiger partial charge < -0.3 is 9.92 Å². The largest absolute Gasteiger partial charge is 0.399 e. The van der Waals surface area contributed by atoms with Gasteiger partial charge in [-0.3, -0.25) is 0 Å². The smallest absolute Gasteiger partial charge is 0.385 e. The molecule has 0 saturated heterocycles. The van der Waals surface area contributed by atoms with E-state index in [4.69, 9.17) is 9.92 Å². The Morgan fingerprint density at radius 1 is 1.15 bits per heavy atom. The molecular formula is C14H24N2O3S. The molecule has 1 aromatic carbocycles. The Morgan fingerprint density at radius 3 is 2.25 bits per heavy atom. The molecule has 114 valence electrons. The molecule has 2 N–H and O–H groups in total. The Kier molecular flexibility index (Phi) is 6.81. The zero-order valence-corrected chi connectivity index (χ0v) is 13.0. The van der Waals surface area contributed by atoms with Crippen LogP contribution in [0.25, 0.3) is 0 Å². The predicted molar refractivity (Wildman–Crippen MR) is 81.8 cm³/mol. The summed E-state index contributed by atoms with van der Waals surface area (Å²) in [5.74, 6) is 0.253. The van der Waals surface area contributed by atoms with Gasteiger partial charge in [-0.1, -0.05) is 32.8 Å². The molecule has 20 heavy (non-hydrogen) atoms. The fourth-order valence-corrected chi connectivity index (χ4v) is 2.90. The molecule has 1 aromatic rings. The van der Waals surface area contributed by atoms with Gasteiger partial charge in [-0.05, 0) is 25.0 Å². The molecule has 0 spiro atoms. The maximum Gasteiger partial charge on any atom is 0.385 e. The average Bonchev–Trinajstić information content (AvgIpc) is 2.38. The summed E-state index contributed by atoms with van der Waals surface area (Å²) in [4.78, 5) is 0. The van der Waals surface area contributed by atoms with E-state index in [-0.39, 0.29) is 5.75 Å². The van der Waals surface area contributed by atoms with E-state index in [0.717, 1.165) is 25.7 Å². The van der Waals surface area contributed by atoms with Crippen molar-refractivity contribution in [2.24, 2.45) is 0 Å². The first kappa shape index (κ1) is 16.8. The lowest BCUT2D eigenvalue weighted by atomic mass is 10.3. The van der Waals surface area contributed by atoms with Gasteiger partial charge in [0.2, 0.25) is 0 Å². The first-order valence-electron chi connectivity index (χ1n) is 7.04. The van der Waals surface area contributed by atoms with Crippen molar-refractivity contribution in [2.75, 3.05) is 18.8 Å². The summed E-state index contributed by atoms with van der Waals surface area (Å²) in [5.41, 5.74) is 6.10. The maximum absolute atomic E-state index is 12.3. The van der Waals surface area contributed by atoms with Crippen molar-refractivity contribution in [3.05, 3.63) is 24.3 Å². The quantitative estimate of drug-likeness (QED) is 0.712. The molecule has 0 unspecified atom stereocenters. The van der Waals surface area contributed by atoms with Crippen molar-refractivity contribution < 1.29 is 12.6 Å². The molecule has 0 atom stereocenters. The van der Waals surface area contributed by atoms with E-state index in [2.05, 4.69) is 0 Å². The Balaban J connectivity index is 2.80. The monoisotopic (exact) mass is 300 g/mol. The van der Waals surface area contributed by atoms with Crippen LogP contribution in [0.2, 0.25) is 0 Å². The van der Waals surface area contributed by atoms with Gasteiger partial charge in [0, 0.05) is 24.8 Å². The van der Waals surface area contributed by atoms with Gasteiger partial charge in [0.05, 0.1) is 0 Å². The predicted octanol–water partition coefficient (Wildman–Crippen LogP) is 2.79. The minimum Gasteiger partial charge on any atom is -0.399 e. The van der Waals surface area contributed by atoms with Gasteiger partial charge in [-0.15, -0.1) is 0 Å². The molecule has 1 rings (SSSR count). The number of nitrogen functional groups attached to an aromatic ring is 1.